The Kier molecular flexibility index (Phi) is 6.43. The minimum Gasteiger partial charge on any atom is -0.503 e. The van der Waals surface area contributed by atoms with Gasteiger partial charge in [-0.25, -0.2) is 0 Å². The van der Waals surface area contributed by atoms with Crippen molar-refractivity contribution in [3.8, 4) is 0 Å². The van der Waals surface area contributed by atoms with Gasteiger partial charge in [-0.3, -0.25) is 14.5 Å². The van der Waals surface area contributed by atoms with Crippen molar-refractivity contribution < 1.29 is 14.7 Å². The first kappa shape index (κ1) is 24.5. The van der Waals surface area contributed by atoms with Crippen molar-refractivity contribution in [2.75, 3.05) is 4.90 Å². The first-order chi connectivity index (χ1) is 17.8. The number of rotatable bonds is 6. The molecule has 5 rings (SSSR count). The summed E-state index contributed by atoms with van der Waals surface area (Å²) in [5, 5.41) is 13.0. The second kappa shape index (κ2) is 9.70. The summed E-state index contributed by atoms with van der Waals surface area (Å²) in [5.74, 6) is -1.23. The van der Waals surface area contributed by atoms with Gasteiger partial charge in [0.1, 0.15) is 0 Å². The van der Waals surface area contributed by atoms with Crippen LogP contribution in [-0.4, -0.2) is 16.8 Å². The van der Waals surface area contributed by atoms with Gasteiger partial charge in [-0.05, 0) is 40.0 Å². The standard InChI is InChI=1S/C33H31NO3/c1-33(2,3)25-19-17-24(18-20-25)30-29(28(35)21-16-22-10-5-4-6-11-22)31(36)32(37)34(30)27-15-9-13-23-12-7-8-14-26(23)27/h4-15,17-20,30,36H,16,21H2,1-3H3. The molecule has 0 saturated carbocycles. The molecule has 0 bridgehead atoms. The van der Waals surface area contributed by atoms with Crippen LogP contribution in [0.2, 0.25) is 0 Å². The summed E-state index contributed by atoms with van der Waals surface area (Å²) in [5.41, 5.74) is 3.79. The molecule has 4 nitrogen and oxygen atoms in total. The van der Waals surface area contributed by atoms with E-state index in [1.807, 2.05) is 97.1 Å². The molecule has 1 aliphatic rings. The largest absolute Gasteiger partial charge is 0.503 e. The summed E-state index contributed by atoms with van der Waals surface area (Å²) < 4.78 is 0. The minimum atomic E-state index is -0.712. The highest BCUT2D eigenvalue weighted by Gasteiger charge is 2.44. The number of carbonyl (C=O) groups excluding carboxylic acids is 2. The number of carbonyl (C=O) groups is 2. The Bertz CT molecular complexity index is 1490. The van der Waals surface area contributed by atoms with E-state index in [1.54, 1.807) is 4.90 Å². The van der Waals surface area contributed by atoms with Crippen molar-refractivity contribution in [2.45, 2.75) is 45.1 Å². The van der Waals surface area contributed by atoms with Crippen LogP contribution in [0.4, 0.5) is 5.69 Å². The lowest BCUT2D eigenvalue weighted by Crippen LogP contribution is -2.31. The molecule has 0 fully saturated rings. The Morgan fingerprint density at radius 3 is 2.19 bits per heavy atom. The summed E-state index contributed by atoms with van der Waals surface area (Å²) in [7, 11) is 0. The highest BCUT2D eigenvalue weighted by Crippen LogP contribution is 2.44. The van der Waals surface area contributed by atoms with Crippen LogP contribution in [0.15, 0.2) is 108 Å². The number of aliphatic hydroxyl groups is 1. The van der Waals surface area contributed by atoms with Crippen LogP contribution in [0, 0.1) is 0 Å². The predicted octanol–water partition coefficient (Wildman–Crippen LogP) is 7.24. The number of benzene rings is 4. The molecule has 1 heterocycles. The van der Waals surface area contributed by atoms with Gasteiger partial charge in [-0.1, -0.05) is 112 Å². The zero-order valence-corrected chi connectivity index (χ0v) is 21.4. The van der Waals surface area contributed by atoms with E-state index in [2.05, 4.69) is 20.8 Å². The van der Waals surface area contributed by atoms with Crippen LogP contribution in [0.25, 0.3) is 10.8 Å². The van der Waals surface area contributed by atoms with E-state index < -0.39 is 17.7 Å². The fourth-order valence-corrected chi connectivity index (χ4v) is 5.07. The molecule has 0 aliphatic carbocycles. The Morgan fingerprint density at radius 1 is 0.838 bits per heavy atom. The molecule has 0 spiro atoms. The summed E-state index contributed by atoms with van der Waals surface area (Å²) >= 11 is 0. The number of hydrogen-bond donors (Lipinski definition) is 1. The third-order valence-electron chi connectivity index (χ3n) is 7.11. The van der Waals surface area contributed by atoms with Crippen LogP contribution in [-0.2, 0) is 21.4 Å². The molecule has 4 heteroatoms. The molecule has 4 aromatic carbocycles. The Balaban J connectivity index is 1.60. The van der Waals surface area contributed by atoms with E-state index in [0.717, 1.165) is 27.5 Å². The number of aryl methyl sites for hydroxylation is 1. The number of ketones is 1. The molecule has 186 valence electrons. The molecule has 1 atom stereocenters. The van der Waals surface area contributed by atoms with Crippen LogP contribution >= 0.6 is 0 Å². The van der Waals surface area contributed by atoms with Crippen molar-refractivity contribution >= 4 is 28.2 Å². The highest BCUT2D eigenvalue weighted by molar-refractivity contribution is 6.18. The lowest BCUT2D eigenvalue weighted by molar-refractivity contribution is -0.118. The van der Waals surface area contributed by atoms with Crippen LogP contribution in [0.1, 0.15) is 49.9 Å². The maximum Gasteiger partial charge on any atom is 0.294 e. The van der Waals surface area contributed by atoms with Crippen molar-refractivity contribution in [1.29, 1.82) is 0 Å². The van der Waals surface area contributed by atoms with Crippen molar-refractivity contribution in [2.24, 2.45) is 0 Å². The molecular weight excluding hydrogens is 458 g/mol. The second-order valence-corrected chi connectivity index (χ2v) is 10.6. The normalized spacial score (nSPS) is 16.0. The van der Waals surface area contributed by atoms with E-state index in [9.17, 15) is 14.7 Å². The second-order valence-electron chi connectivity index (χ2n) is 10.6. The number of aliphatic hydroxyl groups excluding tert-OH is 1. The Hall–Kier alpha value is -4.18. The van der Waals surface area contributed by atoms with Crippen molar-refractivity contribution in [1.82, 2.24) is 0 Å². The van der Waals surface area contributed by atoms with Gasteiger partial charge in [0.05, 0.1) is 17.3 Å². The van der Waals surface area contributed by atoms with Gasteiger partial charge in [0, 0.05) is 11.8 Å². The molecule has 1 N–H and O–H groups in total. The predicted molar refractivity (Wildman–Crippen MR) is 149 cm³/mol. The van der Waals surface area contributed by atoms with Crippen molar-refractivity contribution in [3.63, 3.8) is 0 Å². The molecule has 37 heavy (non-hydrogen) atoms. The first-order valence-corrected chi connectivity index (χ1v) is 12.7. The number of Topliss-reactive ketones (excluding diaryl/α,β-unsaturated/α-hetero) is 1. The average Bonchev–Trinajstić information content (AvgIpc) is 3.17. The lowest BCUT2D eigenvalue weighted by Gasteiger charge is -2.29. The Morgan fingerprint density at radius 2 is 1.49 bits per heavy atom. The van der Waals surface area contributed by atoms with Crippen molar-refractivity contribution in [3.05, 3.63) is 125 Å². The van der Waals surface area contributed by atoms with E-state index in [1.165, 1.54) is 0 Å². The van der Waals surface area contributed by atoms with Gasteiger partial charge >= 0.3 is 0 Å². The maximum atomic E-state index is 13.6. The molecule has 1 aliphatic heterocycles. The first-order valence-electron chi connectivity index (χ1n) is 12.7. The summed E-state index contributed by atoms with van der Waals surface area (Å²) in [6.45, 7) is 6.44. The summed E-state index contributed by atoms with van der Waals surface area (Å²) in [6, 6.07) is 30.7. The van der Waals surface area contributed by atoms with Gasteiger partial charge < -0.3 is 5.11 Å². The molecule has 0 radical (unpaired) electrons. The SMILES string of the molecule is CC(C)(C)c1ccc(C2C(C(=O)CCc3ccccc3)=C(O)C(=O)N2c2cccc3ccccc23)cc1. The minimum absolute atomic E-state index is 0.0361. The number of amides is 1. The van der Waals surface area contributed by atoms with Crippen LogP contribution in [0.5, 0.6) is 0 Å². The van der Waals surface area contributed by atoms with E-state index >= 15 is 0 Å². The van der Waals surface area contributed by atoms with Gasteiger partial charge in [0.25, 0.3) is 5.91 Å². The maximum absolute atomic E-state index is 13.6. The summed E-state index contributed by atoms with van der Waals surface area (Å²) in [6.07, 6.45) is 0.741. The highest BCUT2D eigenvalue weighted by atomic mass is 16.3. The van der Waals surface area contributed by atoms with Crippen LogP contribution < -0.4 is 4.90 Å². The fraction of sp³-hybridized carbons (Fsp3) is 0.212. The number of anilines is 1. The smallest absolute Gasteiger partial charge is 0.294 e. The average molecular weight is 490 g/mol. The quantitative estimate of drug-likeness (QED) is 0.311. The topological polar surface area (TPSA) is 57.6 Å². The molecule has 4 aromatic rings. The van der Waals surface area contributed by atoms with E-state index in [4.69, 9.17) is 0 Å². The van der Waals surface area contributed by atoms with Gasteiger partial charge in [0.15, 0.2) is 11.5 Å². The van der Waals surface area contributed by atoms with Gasteiger partial charge in [-0.15, -0.1) is 0 Å². The van der Waals surface area contributed by atoms with Gasteiger partial charge in [0.2, 0.25) is 0 Å². The van der Waals surface area contributed by atoms with Gasteiger partial charge in [-0.2, -0.15) is 0 Å². The number of nitrogens with zero attached hydrogens (tertiary/aromatic N) is 1. The number of hydrogen-bond acceptors (Lipinski definition) is 3. The summed E-state index contributed by atoms with van der Waals surface area (Å²) in [4.78, 5) is 28.8. The third-order valence-corrected chi connectivity index (χ3v) is 7.11. The Labute approximate surface area is 217 Å². The van der Waals surface area contributed by atoms with E-state index in [-0.39, 0.29) is 23.2 Å². The molecule has 1 amide bonds. The van der Waals surface area contributed by atoms with Crippen LogP contribution in [0.3, 0.4) is 0 Å². The lowest BCUT2D eigenvalue weighted by atomic mass is 9.85. The molecule has 1 unspecified atom stereocenters. The zero-order valence-electron chi connectivity index (χ0n) is 21.4. The monoisotopic (exact) mass is 489 g/mol. The van der Waals surface area contributed by atoms with E-state index in [0.29, 0.717) is 12.1 Å². The molecule has 0 saturated heterocycles. The molecular formula is C33H31NO3. The number of fused-ring (bicyclic) bond motifs is 1. The third kappa shape index (κ3) is 4.67. The zero-order chi connectivity index (χ0) is 26.2. The fourth-order valence-electron chi connectivity index (χ4n) is 5.07. The molecule has 0 aromatic heterocycles.